The van der Waals surface area contributed by atoms with Crippen LogP contribution >= 0.6 is 0 Å². The smallest absolute Gasteiger partial charge is 0.136 e. The molecule has 0 radical (unpaired) electrons. The summed E-state index contributed by atoms with van der Waals surface area (Å²) < 4.78 is 12.7. The molecule has 0 saturated heterocycles. The molecular weight excluding hydrogens is 969 g/mol. The van der Waals surface area contributed by atoms with Gasteiger partial charge in [0.05, 0.1) is 0 Å². The fourth-order valence-corrected chi connectivity index (χ4v) is 13.5. The molecule has 2 heteroatoms. The zero-order valence-corrected chi connectivity index (χ0v) is 43.4. The molecule has 370 valence electrons. The average molecular weight is 1020 g/mol. The molecule has 0 atom stereocenters. The number of furan rings is 2. The summed E-state index contributed by atoms with van der Waals surface area (Å²) in [5.74, 6) is 0. The molecule has 0 aliphatic heterocycles. The minimum absolute atomic E-state index is 0.899. The predicted octanol–water partition coefficient (Wildman–Crippen LogP) is 22.4. The van der Waals surface area contributed by atoms with Gasteiger partial charge in [-0.1, -0.05) is 231 Å². The van der Waals surface area contributed by atoms with Gasteiger partial charge in [-0.05, 0) is 180 Å². The van der Waals surface area contributed by atoms with E-state index in [1.54, 1.807) is 0 Å². The Bertz CT molecular complexity index is 5320. The molecule has 80 heavy (non-hydrogen) atoms. The normalized spacial score (nSPS) is 12.0. The fourth-order valence-electron chi connectivity index (χ4n) is 13.5. The molecular formula is C78H46O2. The van der Waals surface area contributed by atoms with Crippen LogP contribution in [0.25, 0.3) is 175 Å². The van der Waals surface area contributed by atoms with Crippen molar-refractivity contribution in [3.63, 3.8) is 0 Å². The van der Waals surface area contributed by atoms with E-state index < -0.39 is 0 Å². The summed E-state index contributed by atoms with van der Waals surface area (Å²) in [7, 11) is 0. The topological polar surface area (TPSA) is 26.3 Å². The number of hydrogen-bond acceptors (Lipinski definition) is 2. The van der Waals surface area contributed by atoms with E-state index in [-0.39, 0.29) is 0 Å². The van der Waals surface area contributed by atoms with Crippen LogP contribution in [0.4, 0.5) is 0 Å². The van der Waals surface area contributed by atoms with Gasteiger partial charge in [0.15, 0.2) is 0 Å². The first-order chi connectivity index (χ1) is 39.7. The van der Waals surface area contributed by atoms with Crippen LogP contribution in [0.5, 0.6) is 0 Å². The molecule has 2 heterocycles. The molecule has 0 amide bonds. The molecule has 17 rings (SSSR count). The van der Waals surface area contributed by atoms with E-state index in [0.29, 0.717) is 0 Å². The quantitative estimate of drug-likeness (QED) is 0.155. The second-order valence-electron chi connectivity index (χ2n) is 21.3. The molecule has 0 bridgehead atoms. The Kier molecular flexibility index (Phi) is 9.75. The zero-order valence-electron chi connectivity index (χ0n) is 43.4. The summed E-state index contributed by atoms with van der Waals surface area (Å²) in [6.07, 6.45) is 0. The first-order valence-electron chi connectivity index (χ1n) is 27.5. The highest BCUT2D eigenvalue weighted by atomic mass is 16.3. The van der Waals surface area contributed by atoms with Crippen LogP contribution in [0.3, 0.4) is 0 Å². The average Bonchev–Trinajstić information content (AvgIpc) is 4.18. The lowest BCUT2D eigenvalue weighted by atomic mass is 9.83. The third-order valence-electron chi connectivity index (χ3n) is 17.0. The maximum absolute atomic E-state index is 6.46. The van der Waals surface area contributed by atoms with Gasteiger partial charge in [0.2, 0.25) is 0 Å². The molecule has 0 aliphatic carbocycles. The summed E-state index contributed by atoms with van der Waals surface area (Å²) in [5.41, 5.74) is 18.1. The van der Waals surface area contributed by atoms with E-state index in [2.05, 4.69) is 267 Å². The van der Waals surface area contributed by atoms with Gasteiger partial charge in [0.25, 0.3) is 0 Å². The number of hydrogen-bond donors (Lipinski definition) is 0. The van der Waals surface area contributed by atoms with Crippen molar-refractivity contribution >= 4 is 109 Å². The third kappa shape index (κ3) is 6.73. The first-order valence-corrected chi connectivity index (χ1v) is 27.5. The van der Waals surface area contributed by atoms with Crippen LogP contribution < -0.4 is 0 Å². The molecule has 0 fully saturated rings. The summed E-state index contributed by atoms with van der Waals surface area (Å²) in [6.45, 7) is 0. The van der Waals surface area contributed by atoms with Crippen molar-refractivity contribution in [1.82, 2.24) is 0 Å². The molecule has 0 N–H and O–H groups in total. The molecule has 0 spiro atoms. The van der Waals surface area contributed by atoms with Crippen molar-refractivity contribution in [3.8, 4) is 66.8 Å². The van der Waals surface area contributed by atoms with Crippen LogP contribution in [0.2, 0.25) is 0 Å². The highest BCUT2D eigenvalue weighted by Crippen LogP contribution is 2.50. The number of rotatable bonds is 6. The molecule has 2 aromatic heterocycles. The maximum Gasteiger partial charge on any atom is 0.136 e. The monoisotopic (exact) mass is 1010 g/mol. The van der Waals surface area contributed by atoms with Crippen molar-refractivity contribution in [2.75, 3.05) is 0 Å². The molecule has 0 unspecified atom stereocenters. The van der Waals surface area contributed by atoms with Crippen molar-refractivity contribution in [3.05, 3.63) is 279 Å². The summed E-state index contributed by atoms with van der Waals surface area (Å²) in [4.78, 5) is 0. The van der Waals surface area contributed by atoms with Gasteiger partial charge in [-0.2, -0.15) is 0 Å². The van der Waals surface area contributed by atoms with Gasteiger partial charge in [-0.15, -0.1) is 0 Å². The van der Waals surface area contributed by atoms with Gasteiger partial charge in [-0.3, -0.25) is 0 Å². The third-order valence-corrected chi connectivity index (χ3v) is 17.0. The summed E-state index contributed by atoms with van der Waals surface area (Å²) in [6, 6.07) is 102. The van der Waals surface area contributed by atoms with Crippen LogP contribution in [-0.2, 0) is 0 Å². The maximum atomic E-state index is 6.46. The Morgan fingerprint density at radius 3 is 1.15 bits per heavy atom. The van der Waals surface area contributed by atoms with Crippen molar-refractivity contribution in [1.29, 1.82) is 0 Å². The number of fused-ring (bicyclic) bond motifs is 12. The molecule has 0 saturated carbocycles. The minimum atomic E-state index is 0.899. The number of para-hydroxylation sites is 2. The SMILES string of the molecule is c1cc(-c2cccc3ccc(-c4ccc5cccc(-c6c7ccccc7c(-c7cccc8oc9ccccc9c78)c7ccccc67)c5c4)cc23)cc(-c2c3ccccc3c(-c3ccc4oc5ccccc5c4c3)c3ccccc23)c1. The second kappa shape index (κ2) is 17.5. The Balaban J connectivity index is 0.804. The minimum Gasteiger partial charge on any atom is -0.456 e. The number of benzene rings is 15. The Hall–Kier alpha value is -10.5. The van der Waals surface area contributed by atoms with E-state index in [1.165, 1.54) is 131 Å². The van der Waals surface area contributed by atoms with Crippen LogP contribution in [-0.4, -0.2) is 0 Å². The highest BCUT2D eigenvalue weighted by Gasteiger charge is 2.23. The largest absolute Gasteiger partial charge is 0.456 e. The summed E-state index contributed by atoms with van der Waals surface area (Å²) in [5, 5.41) is 19.2. The Morgan fingerprint density at radius 1 is 0.175 bits per heavy atom. The zero-order chi connectivity index (χ0) is 52.4. The van der Waals surface area contributed by atoms with Crippen LogP contribution in [0.1, 0.15) is 0 Å². The van der Waals surface area contributed by atoms with Gasteiger partial charge >= 0.3 is 0 Å². The van der Waals surface area contributed by atoms with E-state index in [1.807, 2.05) is 12.1 Å². The van der Waals surface area contributed by atoms with E-state index in [4.69, 9.17) is 8.83 Å². The van der Waals surface area contributed by atoms with Crippen LogP contribution in [0.15, 0.2) is 288 Å². The lowest BCUT2D eigenvalue weighted by Gasteiger charge is -2.19. The standard InChI is InChI=1S/C78H46O2/c1-3-24-58-56(22-1)74(57-23-2-4-25-59(57)75(58)53-41-42-72-69(46-53)55-21-9-11-34-70(55)79-72)52-20-13-19-51(43-52)54-31-14-17-47-37-39-49(44-67(47)54)50-40-38-48-18-15-32-64(68(48)45-50)76-60-26-5-7-28-62(60)77(63-29-8-6-27-61(63)76)66-33-16-36-73-78(66)65-30-10-12-35-71(65)80-73/h1-46H. The molecule has 15 aromatic carbocycles. The predicted molar refractivity (Wildman–Crippen MR) is 339 cm³/mol. The van der Waals surface area contributed by atoms with Gasteiger partial charge < -0.3 is 8.83 Å². The Labute approximate surface area is 460 Å². The van der Waals surface area contributed by atoms with Gasteiger partial charge in [0.1, 0.15) is 22.3 Å². The van der Waals surface area contributed by atoms with E-state index in [0.717, 1.165) is 43.9 Å². The van der Waals surface area contributed by atoms with Crippen LogP contribution in [0, 0.1) is 0 Å². The molecule has 0 aliphatic rings. The van der Waals surface area contributed by atoms with E-state index >= 15 is 0 Å². The Morgan fingerprint density at radius 2 is 0.550 bits per heavy atom. The van der Waals surface area contributed by atoms with Crippen molar-refractivity contribution < 1.29 is 8.83 Å². The van der Waals surface area contributed by atoms with Crippen molar-refractivity contribution in [2.24, 2.45) is 0 Å². The highest BCUT2D eigenvalue weighted by molar-refractivity contribution is 6.27. The lowest BCUT2D eigenvalue weighted by molar-refractivity contribution is 0.668. The molecule has 17 aromatic rings. The van der Waals surface area contributed by atoms with Crippen molar-refractivity contribution in [2.45, 2.75) is 0 Å². The fraction of sp³-hybridized carbons (Fsp3) is 0. The lowest BCUT2D eigenvalue weighted by Crippen LogP contribution is -1.92. The summed E-state index contributed by atoms with van der Waals surface area (Å²) >= 11 is 0. The first kappa shape index (κ1) is 44.6. The van der Waals surface area contributed by atoms with Gasteiger partial charge in [-0.25, -0.2) is 0 Å². The molecule has 2 nitrogen and oxygen atoms in total. The second-order valence-corrected chi connectivity index (χ2v) is 21.3. The van der Waals surface area contributed by atoms with Gasteiger partial charge in [0, 0.05) is 21.5 Å². The van der Waals surface area contributed by atoms with E-state index in [9.17, 15) is 0 Å².